The lowest BCUT2D eigenvalue weighted by molar-refractivity contribution is -0.131. The minimum atomic E-state index is -0.486. The molecule has 4 aromatic rings. The molecule has 0 aliphatic carbocycles. The van der Waals surface area contributed by atoms with Gasteiger partial charge in [0.2, 0.25) is 5.91 Å². The van der Waals surface area contributed by atoms with E-state index in [1.54, 1.807) is 24.5 Å². The fourth-order valence-electron chi connectivity index (χ4n) is 3.13. The molecule has 6 nitrogen and oxygen atoms in total. The van der Waals surface area contributed by atoms with Gasteiger partial charge in [0.05, 0.1) is 18.8 Å². The molecule has 3 heterocycles. The van der Waals surface area contributed by atoms with E-state index in [0.717, 1.165) is 10.4 Å². The van der Waals surface area contributed by atoms with Crippen molar-refractivity contribution in [3.05, 3.63) is 69.2 Å². The molecule has 0 N–H and O–H groups in total. The van der Waals surface area contributed by atoms with Crippen LogP contribution in [0.15, 0.2) is 52.2 Å². The second kappa shape index (κ2) is 8.37. The van der Waals surface area contributed by atoms with Gasteiger partial charge in [0.15, 0.2) is 11.6 Å². The van der Waals surface area contributed by atoms with Crippen LogP contribution in [-0.4, -0.2) is 34.5 Å². The number of ether oxygens (including phenoxy) is 1. The molecule has 0 fully saturated rings. The number of methoxy groups -OCH3 is 1. The van der Waals surface area contributed by atoms with E-state index in [1.165, 1.54) is 46.4 Å². The van der Waals surface area contributed by atoms with Gasteiger partial charge in [-0.3, -0.25) is 14.2 Å². The van der Waals surface area contributed by atoms with E-state index < -0.39 is 5.82 Å². The Kier molecular flexibility index (Phi) is 5.65. The van der Waals surface area contributed by atoms with Crippen molar-refractivity contribution in [3.63, 3.8) is 0 Å². The first-order chi connectivity index (χ1) is 14.5. The van der Waals surface area contributed by atoms with Gasteiger partial charge in [-0.05, 0) is 29.1 Å². The standard InChI is InChI=1S/C21H18FN3O3S2/c1-24(9-13-5-6-16(28-2)15(22)8-13)18(26)10-25-12-23-20-19(21(25)27)14(11-30-20)17-4-3-7-29-17/h3-8,11-12H,9-10H2,1-2H3. The predicted molar refractivity (Wildman–Crippen MR) is 117 cm³/mol. The highest BCUT2D eigenvalue weighted by Gasteiger charge is 2.17. The first-order valence-corrected chi connectivity index (χ1v) is 10.8. The average molecular weight is 444 g/mol. The molecule has 0 bridgehead atoms. The molecular weight excluding hydrogens is 425 g/mol. The number of halogens is 1. The van der Waals surface area contributed by atoms with Crippen molar-refractivity contribution < 1.29 is 13.9 Å². The van der Waals surface area contributed by atoms with Crippen molar-refractivity contribution in [3.8, 4) is 16.2 Å². The highest BCUT2D eigenvalue weighted by atomic mass is 32.1. The molecule has 4 rings (SSSR count). The van der Waals surface area contributed by atoms with Crippen LogP contribution in [0, 0.1) is 5.82 Å². The van der Waals surface area contributed by atoms with Crippen molar-refractivity contribution >= 4 is 38.8 Å². The predicted octanol–water partition coefficient (Wildman–Crippen LogP) is 3.99. The van der Waals surface area contributed by atoms with Gasteiger partial charge in [-0.15, -0.1) is 22.7 Å². The fraction of sp³-hybridized carbons (Fsp3) is 0.190. The van der Waals surface area contributed by atoms with Gasteiger partial charge in [0, 0.05) is 29.4 Å². The van der Waals surface area contributed by atoms with Crippen LogP contribution in [0.4, 0.5) is 4.39 Å². The second-order valence-electron chi connectivity index (χ2n) is 6.70. The molecule has 0 saturated heterocycles. The van der Waals surface area contributed by atoms with Crippen molar-refractivity contribution in [1.29, 1.82) is 0 Å². The smallest absolute Gasteiger partial charge is 0.263 e. The number of aromatic nitrogens is 2. The normalized spacial score (nSPS) is 11.0. The van der Waals surface area contributed by atoms with Gasteiger partial charge < -0.3 is 9.64 Å². The summed E-state index contributed by atoms with van der Waals surface area (Å²) in [6.45, 7) is 0.0692. The molecule has 154 valence electrons. The van der Waals surface area contributed by atoms with Crippen molar-refractivity contribution in [2.75, 3.05) is 14.2 Å². The SMILES string of the molecule is COc1ccc(CN(C)C(=O)Cn2cnc3scc(-c4cccs4)c3c2=O)cc1F. The molecule has 0 radical (unpaired) electrons. The third kappa shape index (κ3) is 3.86. The Hall–Kier alpha value is -3.04. The van der Waals surface area contributed by atoms with Crippen LogP contribution >= 0.6 is 22.7 Å². The van der Waals surface area contributed by atoms with Crippen molar-refractivity contribution in [1.82, 2.24) is 14.5 Å². The van der Waals surface area contributed by atoms with E-state index in [4.69, 9.17) is 4.74 Å². The highest BCUT2D eigenvalue weighted by molar-refractivity contribution is 7.18. The molecule has 0 aliphatic rings. The Morgan fingerprint density at radius 3 is 2.83 bits per heavy atom. The molecular formula is C21H18FN3O3S2. The summed E-state index contributed by atoms with van der Waals surface area (Å²) < 4.78 is 20.1. The van der Waals surface area contributed by atoms with Crippen molar-refractivity contribution in [2.24, 2.45) is 0 Å². The molecule has 1 aromatic carbocycles. The summed E-state index contributed by atoms with van der Waals surface area (Å²) in [4.78, 5) is 33.2. The van der Waals surface area contributed by atoms with Crippen LogP contribution in [0.3, 0.4) is 0 Å². The molecule has 3 aromatic heterocycles. The highest BCUT2D eigenvalue weighted by Crippen LogP contribution is 2.33. The summed E-state index contributed by atoms with van der Waals surface area (Å²) in [6.07, 6.45) is 1.40. The Labute approximate surface area is 179 Å². The molecule has 30 heavy (non-hydrogen) atoms. The zero-order chi connectivity index (χ0) is 21.3. The number of benzene rings is 1. The zero-order valence-corrected chi connectivity index (χ0v) is 17.9. The Morgan fingerprint density at radius 1 is 1.30 bits per heavy atom. The van der Waals surface area contributed by atoms with Crippen molar-refractivity contribution in [2.45, 2.75) is 13.1 Å². The maximum atomic E-state index is 13.9. The largest absolute Gasteiger partial charge is 0.494 e. The topological polar surface area (TPSA) is 64.4 Å². The van der Waals surface area contributed by atoms with E-state index in [2.05, 4.69) is 4.98 Å². The lowest BCUT2D eigenvalue weighted by atomic mass is 10.2. The van der Waals surface area contributed by atoms with E-state index in [-0.39, 0.29) is 30.3 Å². The van der Waals surface area contributed by atoms with E-state index in [1.807, 2.05) is 22.9 Å². The van der Waals surface area contributed by atoms with Crippen LogP contribution in [0.5, 0.6) is 5.75 Å². The number of likely N-dealkylation sites (N-methyl/N-ethyl adjacent to an activating group) is 1. The van der Waals surface area contributed by atoms with Gasteiger partial charge in [-0.25, -0.2) is 9.37 Å². The quantitative estimate of drug-likeness (QED) is 0.452. The summed E-state index contributed by atoms with van der Waals surface area (Å²) >= 11 is 2.96. The number of rotatable bonds is 6. The maximum absolute atomic E-state index is 13.9. The Balaban J connectivity index is 1.55. The van der Waals surface area contributed by atoms with E-state index in [9.17, 15) is 14.0 Å². The fourth-order valence-corrected chi connectivity index (χ4v) is 4.85. The third-order valence-corrected chi connectivity index (χ3v) is 6.50. The Bertz CT molecular complexity index is 1260. The number of carbonyl (C=O) groups excluding carboxylic acids is 1. The van der Waals surface area contributed by atoms with Crippen LogP contribution in [0.25, 0.3) is 20.7 Å². The minimum absolute atomic E-state index is 0.142. The van der Waals surface area contributed by atoms with Crippen LogP contribution in [0.1, 0.15) is 5.56 Å². The number of thiophene rings is 2. The van der Waals surface area contributed by atoms with Crippen LogP contribution in [-0.2, 0) is 17.9 Å². The number of amides is 1. The summed E-state index contributed by atoms with van der Waals surface area (Å²) in [7, 11) is 3.01. The van der Waals surface area contributed by atoms with E-state index in [0.29, 0.717) is 15.8 Å². The summed E-state index contributed by atoms with van der Waals surface area (Å²) in [5, 5.41) is 4.40. The van der Waals surface area contributed by atoms with E-state index >= 15 is 0 Å². The number of fused-ring (bicyclic) bond motifs is 1. The molecule has 9 heteroatoms. The second-order valence-corrected chi connectivity index (χ2v) is 8.51. The Morgan fingerprint density at radius 2 is 2.13 bits per heavy atom. The molecule has 0 unspecified atom stereocenters. The van der Waals surface area contributed by atoms with Gasteiger partial charge in [-0.2, -0.15) is 0 Å². The summed E-state index contributed by atoms with van der Waals surface area (Å²) in [5.41, 5.74) is 1.22. The lowest BCUT2D eigenvalue weighted by Crippen LogP contribution is -2.33. The summed E-state index contributed by atoms with van der Waals surface area (Å²) in [6, 6.07) is 8.44. The minimum Gasteiger partial charge on any atom is -0.494 e. The van der Waals surface area contributed by atoms with Gasteiger partial charge in [0.25, 0.3) is 5.56 Å². The molecule has 1 amide bonds. The number of hydrogen-bond donors (Lipinski definition) is 0. The first-order valence-electron chi connectivity index (χ1n) is 9.05. The zero-order valence-electron chi connectivity index (χ0n) is 16.3. The van der Waals surface area contributed by atoms with Gasteiger partial charge >= 0.3 is 0 Å². The van der Waals surface area contributed by atoms with Gasteiger partial charge in [0.1, 0.15) is 11.4 Å². The summed E-state index contributed by atoms with van der Waals surface area (Å²) in [5.74, 6) is -0.612. The monoisotopic (exact) mass is 443 g/mol. The molecule has 0 spiro atoms. The first kappa shape index (κ1) is 20.2. The maximum Gasteiger partial charge on any atom is 0.263 e. The van der Waals surface area contributed by atoms with Crippen LogP contribution in [0.2, 0.25) is 0 Å². The number of hydrogen-bond acceptors (Lipinski definition) is 6. The average Bonchev–Trinajstić information content (AvgIpc) is 3.40. The number of carbonyl (C=O) groups is 1. The van der Waals surface area contributed by atoms with Crippen LogP contribution < -0.4 is 10.3 Å². The lowest BCUT2D eigenvalue weighted by Gasteiger charge is -2.18. The number of nitrogens with zero attached hydrogens (tertiary/aromatic N) is 3. The molecule has 0 saturated carbocycles. The molecule has 0 atom stereocenters. The third-order valence-electron chi connectivity index (χ3n) is 4.71. The molecule has 0 aliphatic heterocycles. The van der Waals surface area contributed by atoms with Gasteiger partial charge in [-0.1, -0.05) is 12.1 Å².